The Bertz CT molecular complexity index is 459. The second-order valence-corrected chi connectivity index (χ2v) is 5.46. The molecule has 1 heterocycles. The first-order chi connectivity index (χ1) is 9.70. The van der Waals surface area contributed by atoms with Gasteiger partial charge in [0, 0.05) is 11.6 Å². The predicted molar refractivity (Wildman–Crippen MR) is 81.5 cm³/mol. The van der Waals surface area contributed by atoms with Gasteiger partial charge in [0.15, 0.2) is 0 Å². The average Bonchev–Trinajstić information content (AvgIpc) is 2.47. The standard InChI is InChI=1S/C15H21ClN2O2/c1-2-8-20-14-6-5-12(16)9-13(14)18-15(19)11-4-3-7-17-10-11/h5-6,9,11,17H,2-4,7-8,10H2,1H3,(H,18,19)/t11-/m1/s1. The summed E-state index contributed by atoms with van der Waals surface area (Å²) in [6.45, 7) is 4.39. The van der Waals surface area contributed by atoms with E-state index in [1.807, 2.05) is 6.92 Å². The molecular formula is C15H21ClN2O2. The van der Waals surface area contributed by atoms with Crippen molar-refractivity contribution in [2.75, 3.05) is 25.0 Å². The molecule has 20 heavy (non-hydrogen) atoms. The molecule has 1 aliphatic rings. The number of benzene rings is 1. The quantitative estimate of drug-likeness (QED) is 0.878. The summed E-state index contributed by atoms with van der Waals surface area (Å²) in [5, 5.41) is 6.77. The van der Waals surface area contributed by atoms with Gasteiger partial charge in [-0.2, -0.15) is 0 Å². The summed E-state index contributed by atoms with van der Waals surface area (Å²) in [5.74, 6) is 0.718. The van der Waals surface area contributed by atoms with Crippen LogP contribution in [0.3, 0.4) is 0 Å². The maximum atomic E-state index is 12.3. The molecule has 2 rings (SSSR count). The maximum absolute atomic E-state index is 12.3. The van der Waals surface area contributed by atoms with Crippen LogP contribution in [0.5, 0.6) is 5.75 Å². The molecule has 0 unspecified atom stereocenters. The van der Waals surface area contributed by atoms with Crippen molar-refractivity contribution in [3.63, 3.8) is 0 Å². The van der Waals surface area contributed by atoms with E-state index in [-0.39, 0.29) is 11.8 Å². The van der Waals surface area contributed by atoms with Gasteiger partial charge >= 0.3 is 0 Å². The molecule has 4 nitrogen and oxygen atoms in total. The zero-order valence-corrected chi connectivity index (χ0v) is 12.5. The summed E-state index contributed by atoms with van der Waals surface area (Å²) in [5.41, 5.74) is 0.654. The number of amides is 1. The van der Waals surface area contributed by atoms with Gasteiger partial charge in [-0.25, -0.2) is 0 Å². The van der Waals surface area contributed by atoms with Crippen LogP contribution in [-0.2, 0) is 4.79 Å². The number of carbonyl (C=O) groups is 1. The van der Waals surface area contributed by atoms with E-state index in [1.165, 1.54) is 0 Å². The van der Waals surface area contributed by atoms with Gasteiger partial charge in [-0.15, -0.1) is 0 Å². The highest BCUT2D eigenvalue weighted by Crippen LogP contribution is 2.29. The van der Waals surface area contributed by atoms with Gasteiger partial charge in [0.2, 0.25) is 5.91 Å². The molecule has 0 aliphatic carbocycles. The molecule has 0 bridgehead atoms. The van der Waals surface area contributed by atoms with E-state index >= 15 is 0 Å². The first-order valence-corrected chi connectivity index (χ1v) is 7.52. The number of rotatable bonds is 5. The first-order valence-electron chi connectivity index (χ1n) is 7.14. The highest BCUT2D eigenvalue weighted by atomic mass is 35.5. The van der Waals surface area contributed by atoms with Crippen LogP contribution in [0.4, 0.5) is 5.69 Å². The minimum atomic E-state index is 0.0155. The number of nitrogens with one attached hydrogen (secondary N) is 2. The van der Waals surface area contributed by atoms with Gasteiger partial charge in [0.25, 0.3) is 0 Å². The Hall–Kier alpha value is -1.26. The van der Waals surface area contributed by atoms with Crippen LogP contribution in [-0.4, -0.2) is 25.6 Å². The number of hydrogen-bond donors (Lipinski definition) is 2. The SMILES string of the molecule is CCCOc1ccc(Cl)cc1NC(=O)[C@@H]1CCCNC1. The van der Waals surface area contributed by atoms with Crippen molar-refractivity contribution in [2.45, 2.75) is 26.2 Å². The Balaban J connectivity index is 2.06. The fourth-order valence-corrected chi connectivity index (χ4v) is 2.42. The third kappa shape index (κ3) is 4.12. The van der Waals surface area contributed by atoms with E-state index < -0.39 is 0 Å². The summed E-state index contributed by atoms with van der Waals surface area (Å²) in [6.07, 6.45) is 2.87. The minimum Gasteiger partial charge on any atom is -0.491 e. The lowest BCUT2D eigenvalue weighted by molar-refractivity contribution is -0.120. The van der Waals surface area contributed by atoms with Crippen LogP contribution in [0, 0.1) is 5.92 Å². The topological polar surface area (TPSA) is 50.4 Å². The van der Waals surface area contributed by atoms with Gasteiger partial charge in [-0.1, -0.05) is 18.5 Å². The van der Waals surface area contributed by atoms with Crippen LogP contribution in [0.25, 0.3) is 0 Å². The molecule has 0 aromatic heterocycles. The van der Waals surface area contributed by atoms with Crippen molar-refractivity contribution < 1.29 is 9.53 Å². The van der Waals surface area contributed by atoms with Crippen molar-refractivity contribution >= 4 is 23.2 Å². The van der Waals surface area contributed by atoms with Crippen molar-refractivity contribution in [1.82, 2.24) is 5.32 Å². The second-order valence-electron chi connectivity index (χ2n) is 5.02. The van der Waals surface area contributed by atoms with Crippen LogP contribution >= 0.6 is 11.6 Å². The van der Waals surface area contributed by atoms with E-state index in [9.17, 15) is 4.79 Å². The van der Waals surface area contributed by atoms with Crippen molar-refractivity contribution in [3.8, 4) is 5.75 Å². The third-order valence-corrected chi connectivity index (χ3v) is 3.56. The van der Waals surface area contributed by atoms with Crippen LogP contribution in [0.2, 0.25) is 5.02 Å². The van der Waals surface area contributed by atoms with Gasteiger partial charge in [0.1, 0.15) is 5.75 Å². The Morgan fingerprint density at radius 2 is 2.40 bits per heavy atom. The normalized spacial score (nSPS) is 18.6. The molecule has 1 aliphatic heterocycles. The van der Waals surface area contributed by atoms with E-state index in [0.717, 1.165) is 32.4 Å². The van der Waals surface area contributed by atoms with E-state index in [2.05, 4.69) is 10.6 Å². The van der Waals surface area contributed by atoms with Crippen molar-refractivity contribution in [3.05, 3.63) is 23.2 Å². The maximum Gasteiger partial charge on any atom is 0.228 e. The number of halogens is 1. The van der Waals surface area contributed by atoms with Crippen molar-refractivity contribution in [1.29, 1.82) is 0 Å². The Kier molecular flexibility index (Phi) is 5.68. The summed E-state index contributed by atoms with van der Waals surface area (Å²) >= 11 is 6.00. The van der Waals surface area contributed by atoms with Gasteiger partial charge < -0.3 is 15.4 Å². The fourth-order valence-electron chi connectivity index (χ4n) is 2.25. The molecule has 1 aromatic rings. The lowest BCUT2D eigenvalue weighted by Crippen LogP contribution is -2.37. The van der Waals surface area contributed by atoms with Crippen molar-refractivity contribution in [2.24, 2.45) is 5.92 Å². The monoisotopic (exact) mass is 296 g/mol. The summed E-state index contributed by atoms with van der Waals surface area (Å²) < 4.78 is 5.64. The molecule has 110 valence electrons. The second kappa shape index (κ2) is 7.50. The summed E-state index contributed by atoms with van der Waals surface area (Å²) in [7, 11) is 0. The van der Waals surface area contributed by atoms with E-state index in [4.69, 9.17) is 16.3 Å². The zero-order valence-electron chi connectivity index (χ0n) is 11.7. The van der Waals surface area contributed by atoms with Crippen LogP contribution in [0.15, 0.2) is 18.2 Å². The molecular weight excluding hydrogens is 276 g/mol. The summed E-state index contributed by atoms with van der Waals surface area (Å²) in [6, 6.07) is 5.30. The number of hydrogen-bond acceptors (Lipinski definition) is 3. The predicted octanol–water partition coefficient (Wildman–Crippen LogP) is 3.07. The average molecular weight is 297 g/mol. The zero-order chi connectivity index (χ0) is 14.4. The molecule has 0 radical (unpaired) electrons. The Labute approximate surface area is 124 Å². The molecule has 0 saturated carbocycles. The number of piperidine rings is 1. The lowest BCUT2D eigenvalue weighted by Gasteiger charge is -2.22. The molecule has 1 saturated heterocycles. The van der Waals surface area contributed by atoms with Crippen LogP contribution < -0.4 is 15.4 Å². The number of anilines is 1. The fraction of sp³-hybridized carbons (Fsp3) is 0.533. The Morgan fingerprint density at radius 3 is 3.10 bits per heavy atom. The molecule has 2 N–H and O–H groups in total. The van der Waals surface area contributed by atoms with Gasteiger partial charge in [-0.3, -0.25) is 4.79 Å². The third-order valence-electron chi connectivity index (χ3n) is 3.33. The molecule has 0 spiro atoms. The highest BCUT2D eigenvalue weighted by Gasteiger charge is 2.21. The molecule has 1 aromatic carbocycles. The minimum absolute atomic E-state index is 0.0155. The first kappa shape index (κ1) is 15.1. The molecule has 1 atom stereocenters. The molecule has 1 amide bonds. The number of carbonyl (C=O) groups excluding carboxylic acids is 1. The Morgan fingerprint density at radius 1 is 1.55 bits per heavy atom. The van der Waals surface area contributed by atoms with Crippen LogP contribution in [0.1, 0.15) is 26.2 Å². The summed E-state index contributed by atoms with van der Waals surface area (Å²) in [4.78, 5) is 12.3. The largest absolute Gasteiger partial charge is 0.491 e. The van der Waals surface area contributed by atoms with E-state index in [1.54, 1.807) is 18.2 Å². The van der Waals surface area contributed by atoms with Gasteiger partial charge in [0.05, 0.1) is 18.2 Å². The van der Waals surface area contributed by atoms with Gasteiger partial charge in [-0.05, 0) is 44.0 Å². The molecule has 1 fully saturated rings. The smallest absolute Gasteiger partial charge is 0.228 e. The number of ether oxygens (including phenoxy) is 1. The molecule has 5 heteroatoms. The highest BCUT2D eigenvalue weighted by molar-refractivity contribution is 6.31. The lowest BCUT2D eigenvalue weighted by atomic mass is 9.99. The van der Waals surface area contributed by atoms with E-state index in [0.29, 0.717) is 23.1 Å².